The molecule has 1 fully saturated rings. The Hall–Kier alpha value is -2.83. The lowest BCUT2D eigenvalue weighted by molar-refractivity contribution is 0.0510. The Morgan fingerprint density at radius 1 is 1.25 bits per heavy atom. The highest BCUT2D eigenvalue weighted by molar-refractivity contribution is 6.32. The molecule has 3 aliphatic rings. The van der Waals surface area contributed by atoms with E-state index in [1.165, 1.54) is 5.70 Å². The zero-order valence-electron chi connectivity index (χ0n) is 18.2. The van der Waals surface area contributed by atoms with E-state index < -0.39 is 0 Å². The predicted octanol–water partition coefficient (Wildman–Crippen LogP) is 4.12. The number of hydrogen-bond acceptors (Lipinski definition) is 4. The number of hydrogen-bond donors (Lipinski definition) is 2. The largest absolute Gasteiger partial charge is 0.378 e. The van der Waals surface area contributed by atoms with E-state index in [-0.39, 0.29) is 5.91 Å². The van der Waals surface area contributed by atoms with E-state index in [1.54, 1.807) is 6.20 Å². The Morgan fingerprint density at radius 2 is 2.09 bits per heavy atom. The van der Waals surface area contributed by atoms with Gasteiger partial charge in [0, 0.05) is 65.5 Å². The van der Waals surface area contributed by atoms with E-state index in [1.807, 2.05) is 24.3 Å². The molecule has 0 spiro atoms. The molecule has 166 valence electrons. The molecule has 2 aromatic rings. The van der Waals surface area contributed by atoms with Gasteiger partial charge in [-0.3, -0.25) is 9.78 Å². The number of nitrogens with one attached hydrogen (secondary N) is 2. The van der Waals surface area contributed by atoms with Crippen molar-refractivity contribution in [3.63, 3.8) is 0 Å². The number of aromatic nitrogens is 2. The van der Waals surface area contributed by atoms with Crippen molar-refractivity contribution in [1.82, 2.24) is 20.2 Å². The molecular formula is C25H27ClN4O2. The monoisotopic (exact) mass is 450 g/mol. The van der Waals surface area contributed by atoms with Crippen LogP contribution in [0.25, 0.3) is 17.3 Å². The molecule has 0 radical (unpaired) electrons. The number of amides is 1. The Kier molecular flexibility index (Phi) is 5.89. The summed E-state index contributed by atoms with van der Waals surface area (Å²) in [6, 6.07) is 5.91. The minimum Gasteiger partial charge on any atom is -0.378 e. The van der Waals surface area contributed by atoms with Crippen LogP contribution in [0.1, 0.15) is 35.1 Å². The number of fused-ring (bicyclic) bond motifs is 1. The summed E-state index contributed by atoms with van der Waals surface area (Å²) in [5, 5.41) is 3.68. The Bertz CT molecular complexity index is 1120. The van der Waals surface area contributed by atoms with E-state index in [2.05, 4.69) is 39.3 Å². The second-order valence-electron chi connectivity index (χ2n) is 8.54. The summed E-state index contributed by atoms with van der Waals surface area (Å²) >= 11 is 6.69. The summed E-state index contributed by atoms with van der Waals surface area (Å²) < 4.78 is 5.53. The summed E-state index contributed by atoms with van der Waals surface area (Å²) in [7, 11) is 0. The van der Waals surface area contributed by atoms with Gasteiger partial charge in [-0.2, -0.15) is 0 Å². The number of carbonyl (C=O) groups excluding carboxylic acids is 1. The molecule has 1 aliphatic carbocycles. The summed E-state index contributed by atoms with van der Waals surface area (Å²) in [5.74, 6) is 0.397. The number of aromatic amines is 1. The van der Waals surface area contributed by atoms with Crippen molar-refractivity contribution >= 4 is 23.6 Å². The molecule has 0 saturated carbocycles. The molecule has 0 aromatic carbocycles. The van der Waals surface area contributed by atoms with Crippen molar-refractivity contribution in [1.29, 1.82) is 0 Å². The van der Waals surface area contributed by atoms with E-state index in [4.69, 9.17) is 16.3 Å². The molecule has 1 unspecified atom stereocenters. The third-order valence-corrected chi connectivity index (χ3v) is 6.55. The van der Waals surface area contributed by atoms with Crippen LogP contribution in [0.2, 0.25) is 0 Å². The molecule has 32 heavy (non-hydrogen) atoms. The van der Waals surface area contributed by atoms with Crippen LogP contribution in [-0.2, 0) is 11.2 Å². The zero-order valence-corrected chi connectivity index (χ0v) is 18.9. The lowest BCUT2D eigenvalue weighted by Crippen LogP contribution is -2.37. The molecule has 5 rings (SSSR count). The number of pyridine rings is 1. The standard InChI is InChI=1S/C25H27ClN4O2/c1-16-12-21(26)19(24(13-16)30-8-10-32-11-9-30)3-2-18-14-17(4-6-27-18)23-15-20-22(29-23)5-7-28-25(20)31/h2-4,6,12,14-16,29H,5,7-11,13H2,1H3,(H,28,31)/b3-2+. The minimum atomic E-state index is -0.0153. The molecule has 6 nitrogen and oxygen atoms in total. The fraction of sp³-hybridized carbons (Fsp3) is 0.360. The maximum Gasteiger partial charge on any atom is 0.253 e. The Balaban J connectivity index is 1.44. The highest BCUT2D eigenvalue weighted by Gasteiger charge is 2.23. The van der Waals surface area contributed by atoms with Gasteiger partial charge in [-0.05, 0) is 42.7 Å². The van der Waals surface area contributed by atoms with E-state index in [0.29, 0.717) is 12.5 Å². The second-order valence-corrected chi connectivity index (χ2v) is 8.95. The van der Waals surface area contributed by atoms with Crippen molar-refractivity contribution in [2.75, 3.05) is 32.8 Å². The quantitative estimate of drug-likeness (QED) is 0.735. The topological polar surface area (TPSA) is 70.2 Å². The fourth-order valence-electron chi connectivity index (χ4n) is 4.58. The van der Waals surface area contributed by atoms with Gasteiger partial charge in [0.2, 0.25) is 0 Å². The van der Waals surface area contributed by atoms with Gasteiger partial charge < -0.3 is 19.9 Å². The van der Waals surface area contributed by atoms with Crippen LogP contribution in [0.5, 0.6) is 0 Å². The van der Waals surface area contributed by atoms with Gasteiger partial charge in [0.05, 0.1) is 24.5 Å². The van der Waals surface area contributed by atoms with Crippen LogP contribution in [0.15, 0.2) is 52.9 Å². The number of ether oxygens (including phenoxy) is 1. The second kappa shape index (κ2) is 8.96. The summed E-state index contributed by atoms with van der Waals surface area (Å²) in [6.45, 7) is 6.15. The number of rotatable bonds is 4. The number of morpholine rings is 1. The van der Waals surface area contributed by atoms with Crippen molar-refractivity contribution in [3.8, 4) is 11.3 Å². The molecule has 2 aliphatic heterocycles. The van der Waals surface area contributed by atoms with Crippen LogP contribution < -0.4 is 5.32 Å². The molecule has 4 heterocycles. The van der Waals surface area contributed by atoms with Gasteiger partial charge >= 0.3 is 0 Å². The van der Waals surface area contributed by atoms with Gasteiger partial charge in [0.1, 0.15) is 0 Å². The van der Waals surface area contributed by atoms with Crippen LogP contribution in [0, 0.1) is 5.92 Å². The Labute approximate surface area is 193 Å². The fourth-order valence-corrected chi connectivity index (χ4v) is 4.97. The van der Waals surface area contributed by atoms with Gasteiger partial charge in [0.15, 0.2) is 0 Å². The number of allylic oxidation sites excluding steroid dienone is 5. The van der Waals surface area contributed by atoms with Crippen molar-refractivity contribution in [2.45, 2.75) is 19.8 Å². The molecule has 2 aromatic heterocycles. The van der Waals surface area contributed by atoms with Gasteiger partial charge in [-0.1, -0.05) is 24.6 Å². The third-order valence-electron chi connectivity index (χ3n) is 6.22. The van der Waals surface area contributed by atoms with E-state index in [0.717, 1.165) is 78.0 Å². The molecule has 0 bridgehead atoms. The van der Waals surface area contributed by atoms with Crippen LogP contribution >= 0.6 is 11.6 Å². The maximum atomic E-state index is 12.1. The minimum absolute atomic E-state index is 0.0153. The first-order chi connectivity index (χ1) is 15.6. The van der Waals surface area contributed by atoms with Crippen molar-refractivity contribution in [2.24, 2.45) is 5.92 Å². The first-order valence-electron chi connectivity index (χ1n) is 11.2. The highest BCUT2D eigenvalue weighted by Crippen LogP contribution is 2.34. The molecule has 1 atom stereocenters. The van der Waals surface area contributed by atoms with Crippen molar-refractivity contribution in [3.05, 3.63) is 69.8 Å². The molecule has 7 heteroatoms. The first-order valence-corrected chi connectivity index (χ1v) is 11.5. The lowest BCUT2D eigenvalue weighted by atomic mass is 9.93. The van der Waals surface area contributed by atoms with Crippen molar-refractivity contribution < 1.29 is 9.53 Å². The normalized spacial score (nSPS) is 21.6. The van der Waals surface area contributed by atoms with Gasteiger partial charge in [0.25, 0.3) is 5.91 Å². The predicted molar refractivity (Wildman–Crippen MR) is 126 cm³/mol. The Morgan fingerprint density at radius 3 is 2.91 bits per heavy atom. The number of H-pyrrole nitrogens is 1. The van der Waals surface area contributed by atoms with Crippen LogP contribution in [-0.4, -0.2) is 53.6 Å². The smallest absolute Gasteiger partial charge is 0.253 e. The van der Waals surface area contributed by atoms with Crippen LogP contribution in [0.4, 0.5) is 0 Å². The van der Waals surface area contributed by atoms with Crippen LogP contribution in [0.3, 0.4) is 0 Å². The zero-order chi connectivity index (χ0) is 22.1. The van der Waals surface area contributed by atoms with Gasteiger partial charge in [-0.25, -0.2) is 0 Å². The SMILES string of the molecule is CC1C=C(Cl)C(/C=C/c2cc(-c3cc4c([nH]3)CCNC4=O)ccn2)=C(N2CCOCC2)C1. The summed E-state index contributed by atoms with van der Waals surface area (Å²) in [5.41, 5.74) is 6.84. The maximum absolute atomic E-state index is 12.1. The van der Waals surface area contributed by atoms with E-state index >= 15 is 0 Å². The molecular weight excluding hydrogens is 424 g/mol. The average molecular weight is 451 g/mol. The average Bonchev–Trinajstić information content (AvgIpc) is 3.25. The van der Waals surface area contributed by atoms with E-state index in [9.17, 15) is 4.79 Å². The third kappa shape index (κ3) is 4.25. The number of nitrogens with zero attached hydrogens (tertiary/aromatic N) is 2. The molecule has 1 saturated heterocycles. The summed E-state index contributed by atoms with van der Waals surface area (Å²) in [6.07, 6.45) is 9.81. The highest BCUT2D eigenvalue weighted by atomic mass is 35.5. The molecule has 1 amide bonds. The lowest BCUT2D eigenvalue weighted by Gasteiger charge is -2.35. The van der Waals surface area contributed by atoms with Gasteiger partial charge in [-0.15, -0.1) is 0 Å². The first kappa shape index (κ1) is 21.0. The number of carbonyl (C=O) groups is 1. The summed E-state index contributed by atoms with van der Waals surface area (Å²) in [4.78, 5) is 22.4. The number of halogens is 1. The molecule has 2 N–H and O–H groups in total.